The molecule has 0 atom stereocenters. The smallest absolute Gasteiger partial charge is 0.159 e. The largest absolute Gasteiger partial charge is 0.505 e. The van der Waals surface area contributed by atoms with Crippen molar-refractivity contribution in [1.82, 2.24) is 9.97 Å². The van der Waals surface area contributed by atoms with Gasteiger partial charge in [0.05, 0.1) is 19.5 Å². The Morgan fingerprint density at radius 1 is 1.20 bits per heavy atom. The van der Waals surface area contributed by atoms with Gasteiger partial charge in [0, 0.05) is 5.56 Å². The number of nitrogens with zero attached hydrogens (tertiary/aromatic N) is 2. The Balaban J connectivity index is 2.40. The van der Waals surface area contributed by atoms with Crippen molar-refractivity contribution < 1.29 is 9.84 Å². The summed E-state index contributed by atoms with van der Waals surface area (Å²) < 4.78 is 5.10. The van der Waals surface area contributed by atoms with Crippen molar-refractivity contribution in [3.05, 3.63) is 36.7 Å². The third-order valence-electron chi connectivity index (χ3n) is 1.97. The summed E-state index contributed by atoms with van der Waals surface area (Å²) in [4.78, 5) is 8.01. The van der Waals surface area contributed by atoms with Gasteiger partial charge in [0.2, 0.25) is 0 Å². The van der Waals surface area contributed by atoms with Gasteiger partial charge in [-0.15, -0.1) is 0 Å². The Morgan fingerprint density at radius 3 is 2.60 bits per heavy atom. The predicted molar refractivity (Wildman–Crippen MR) is 55.7 cm³/mol. The fourth-order valence-corrected chi connectivity index (χ4v) is 1.23. The number of hydrogen-bond acceptors (Lipinski definition) is 4. The van der Waals surface area contributed by atoms with Crippen LogP contribution >= 0.6 is 0 Å². The second kappa shape index (κ2) is 3.96. The predicted octanol–water partition coefficient (Wildman–Crippen LogP) is 1.86. The van der Waals surface area contributed by atoms with Crippen molar-refractivity contribution in [2.75, 3.05) is 7.11 Å². The molecule has 0 spiro atoms. The highest BCUT2D eigenvalue weighted by Gasteiger charge is 2.01. The first-order chi connectivity index (χ1) is 7.29. The normalized spacial score (nSPS) is 9.93. The van der Waals surface area contributed by atoms with Crippen molar-refractivity contribution in [3.63, 3.8) is 0 Å². The molecule has 2 rings (SSSR count). The summed E-state index contributed by atoms with van der Waals surface area (Å²) in [6.07, 6.45) is 2.73. The van der Waals surface area contributed by atoms with Gasteiger partial charge < -0.3 is 9.84 Å². The molecule has 1 N–H and O–H groups in total. The minimum Gasteiger partial charge on any atom is -0.505 e. The summed E-state index contributed by atoms with van der Waals surface area (Å²) >= 11 is 0. The lowest BCUT2D eigenvalue weighted by molar-refractivity contribution is 0.415. The number of benzene rings is 1. The number of rotatable bonds is 2. The van der Waals surface area contributed by atoms with E-state index in [0.717, 1.165) is 11.3 Å². The number of aromatic hydroxyl groups is 1. The van der Waals surface area contributed by atoms with Crippen LogP contribution < -0.4 is 4.74 Å². The maximum atomic E-state index is 9.05. The molecule has 15 heavy (non-hydrogen) atoms. The first-order valence-electron chi connectivity index (χ1n) is 4.45. The lowest BCUT2D eigenvalue weighted by Crippen LogP contribution is -1.88. The van der Waals surface area contributed by atoms with E-state index >= 15 is 0 Å². The van der Waals surface area contributed by atoms with Crippen LogP contribution in [0.4, 0.5) is 0 Å². The summed E-state index contributed by atoms with van der Waals surface area (Å²) in [5.74, 6) is 1.37. The Bertz CT molecular complexity index is 454. The van der Waals surface area contributed by atoms with Crippen LogP contribution in [0.3, 0.4) is 0 Å². The van der Waals surface area contributed by atoms with E-state index < -0.39 is 0 Å². The molecule has 1 aromatic heterocycles. The maximum Gasteiger partial charge on any atom is 0.159 e. The third kappa shape index (κ3) is 2.04. The quantitative estimate of drug-likeness (QED) is 0.807. The summed E-state index contributed by atoms with van der Waals surface area (Å²) in [7, 11) is 1.61. The standard InChI is InChI=1S/C11H10N2O2/c1-15-10-4-2-3-8(5-10)11-12-6-9(14)7-13-11/h2-7,14H,1H3. The van der Waals surface area contributed by atoms with Crippen LogP contribution in [0.15, 0.2) is 36.7 Å². The first kappa shape index (κ1) is 9.45. The fourth-order valence-electron chi connectivity index (χ4n) is 1.23. The number of methoxy groups -OCH3 is 1. The van der Waals surface area contributed by atoms with Crippen LogP contribution in [0, 0.1) is 0 Å². The van der Waals surface area contributed by atoms with Gasteiger partial charge in [0.15, 0.2) is 11.6 Å². The van der Waals surface area contributed by atoms with E-state index in [0.29, 0.717) is 5.82 Å². The summed E-state index contributed by atoms with van der Waals surface area (Å²) in [6, 6.07) is 7.44. The molecule has 0 aliphatic rings. The van der Waals surface area contributed by atoms with E-state index in [1.54, 1.807) is 7.11 Å². The van der Waals surface area contributed by atoms with E-state index in [9.17, 15) is 0 Å². The van der Waals surface area contributed by atoms with Crippen molar-refractivity contribution in [2.45, 2.75) is 0 Å². The van der Waals surface area contributed by atoms with Gasteiger partial charge >= 0.3 is 0 Å². The second-order valence-electron chi connectivity index (χ2n) is 3.00. The van der Waals surface area contributed by atoms with Crippen LogP contribution in [0.1, 0.15) is 0 Å². The third-order valence-corrected chi connectivity index (χ3v) is 1.97. The molecule has 0 saturated carbocycles. The molecule has 76 valence electrons. The molecule has 1 aromatic carbocycles. The monoisotopic (exact) mass is 202 g/mol. The van der Waals surface area contributed by atoms with Crippen molar-refractivity contribution in [2.24, 2.45) is 0 Å². The van der Waals surface area contributed by atoms with Gasteiger partial charge in [-0.2, -0.15) is 0 Å². The van der Waals surface area contributed by atoms with Crippen LogP contribution in [0.2, 0.25) is 0 Å². The second-order valence-corrected chi connectivity index (χ2v) is 3.00. The van der Waals surface area contributed by atoms with Crippen LogP contribution in [-0.2, 0) is 0 Å². The molecule has 0 aliphatic heterocycles. The zero-order chi connectivity index (χ0) is 10.7. The van der Waals surface area contributed by atoms with Gasteiger partial charge in [-0.1, -0.05) is 12.1 Å². The van der Waals surface area contributed by atoms with E-state index in [1.165, 1.54) is 12.4 Å². The van der Waals surface area contributed by atoms with Crippen molar-refractivity contribution >= 4 is 0 Å². The summed E-state index contributed by atoms with van der Waals surface area (Å²) in [5, 5.41) is 9.05. The Morgan fingerprint density at radius 2 is 1.93 bits per heavy atom. The summed E-state index contributed by atoms with van der Waals surface area (Å²) in [6.45, 7) is 0. The van der Waals surface area contributed by atoms with Gasteiger partial charge in [-0.05, 0) is 12.1 Å². The topological polar surface area (TPSA) is 55.2 Å². The summed E-state index contributed by atoms with van der Waals surface area (Å²) in [5.41, 5.74) is 0.856. The Labute approximate surface area is 87.2 Å². The maximum absolute atomic E-state index is 9.05. The lowest BCUT2D eigenvalue weighted by atomic mass is 10.2. The SMILES string of the molecule is COc1cccc(-c2ncc(O)cn2)c1. The molecule has 0 aliphatic carbocycles. The zero-order valence-electron chi connectivity index (χ0n) is 8.21. The van der Waals surface area contributed by atoms with Gasteiger partial charge in [-0.25, -0.2) is 9.97 Å². The molecule has 0 unspecified atom stereocenters. The average molecular weight is 202 g/mol. The molecule has 0 amide bonds. The molecule has 4 nitrogen and oxygen atoms in total. The van der Waals surface area contributed by atoms with Crippen molar-refractivity contribution in [3.8, 4) is 22.9 Å². The molecule has 0 saturated heterocycles. The van der Waals surface area contributed by atoms with Gasteiger partial charge in [0.25, 0.3) is 0 Å². The highest BCUT2D eigenvalue weighted by atomic mass is 16.5. The van der Waals surface area contributed by atoms with Gasteiger partial charge in [-0.3, -0.25) is 0 Å². The molecule has 2 aromatic rings. The minimum atomic E-state index is 0.0571. The molecule has 0 fully saturated rings. The van der Waals surface area contributed by atoms with E-state index in [4.69, 9.17) is 9.84 Å². The number of aromatic nitrogens is 2. The number of ether oxygens (including phenoxy) is 1. The van der Waals surface area contributed by atoms with E-state index in [-0.39, 0.29) is 5.75 Å². The molecule has 1 heterocycles. The number of hydrogen-bond donors (Lipinski definition) is 1. The molecule has 0 radical (unpaired) electrons. The zero-order valence-corrected chi connectivity index (χ0v) is 8.21. The molecule has 0 bridgehead atoms. The fraction of sp³-hybridized carbons (Fsp3) is 0.0909. The Kier molecular flexibility index (Phi) is 2.49. The van der Waals surface area contributed by atoms with E-state index in [1.807, 2.05) is 24.3 Å². The lowest BCUT2D eigenvalue weighted by Gasteiger charge is -2.02. The Hall–Kier alpha value is -2.10. The van der Waals surface area contributed by atoms with Crippen molar-refractivity contribution in [1.29, 1.82) is 0 Å². The molecular formula is C11H10N2O2. The van der Waals surface area contributed by atoms with Crippen LogP contribution in [-0.4, -0.2) is 22.2 Å². The van der Waals surface area contributed by atoms with Gasteiger partial charge in [0.1, 0.15) is 5.75 Å². The average Bonchev–Trinajstić information content (AvgIpc) is 2.30. The molecular weight excluding hydrogens is 192 g/mol. The van der Waals surface area contributed by atoms with Crippen LogP contribution in [0.5, 0.6) is 11.5 Å². The first-order valence-corrected chi connectivity index (χ1v) is 4.45. The minimum absolute atomic E-state index is 0.0571. The van der Waals surface area contributed by atoms with Crippen LogP contribution in [0.25, 0.3) is 11.4 Å². The molecule has 4 heteroatoms. The van der Waals surface area contributed by atoms with E-state index in [2.05, 4.69) is 9.97 Å². The highest BCUT2D eigenvalue weighted by Crippen LogP contribution is 2.20. The highest BCUT2D eigenvalue weighted by molar-refractivity contribution is 5.57.